The van der Waals surface area contributed by atoms with Crippen molar-refractivity contribution in [3.05, 3.63) is 40.9 Å². The Hall–Kier alpha value is -1.81. The minimum atomic E-state index is -0.514. The van der Waals surface area contributed by atoms with E-state index in [1.165, 1.54) is 0 Å². The van der Waals surface area contributed by atoms with Gasteiger partial charge in [0.1, 0.15) is 5.75 Å². The first-order chi connectivity index (χ1) is 11.0. The van der Waals surface area contributed by atoms with Crippen LogP contribution in [0.25, 0.3) is 0 Å². The highest BCUT2D eigenvalue weighted by Crippen LogP contribution is 2.29. The lowest BCUT2D eigenvalue weighted by Crippen LogP contribution is -2.35. The number of aryl methyl sites for hydroxylation is 1. The molecule has 2 unspecified atom stereocenters. The quantitative estimate of drug-likeness (QED) is 0.461. The van der Waals surface area contributed by atoms with E-state index in [0.717, 1.165) is 12.0 Å². The largest absolute Gasteiger partial charge is 0.465 e. The third-order valence-electron chi connectivity index (χ3n) is 3.83. The summed E-state index contributed by atoms with van der Waals surface area (Å²) in [4.78, 5) is 24.6. The normalized spacial score (nSPS) is 20.1. The van der Waals surface area contributed by atoms with Crippen LogP contribution in [0.1, 0.15) is 31.7 Å². The van der Waals surface area contributed by atoms with E-state index in [-0.39, 0.29) is 5.97 Å². The number of esters is 2. The molecule has 124 valence electrons. The van der Waals surface area contributed by atoms with Crippen molar-refractivity contribution in [2.45, 2.75) is 33.1 Å². The Kier molecular flexibility index (Phi) is 6.22. The Morgan fingerprint density at radius 2 is 1.83 bits per heavy atom. The second kappa shape index (κ2) is 8.16. The maximum atomic E-state index is 12.5. The zero-order valence-electron chi connectivity index (χ0n) is 13.4. The Labute approximate surface area is 141 Å². The molecule has 2 rings (SSSR count). The number of halogens is 1. The predicted octanol–water partition coefficient (Wildman–Crippen LogP) is 4.09. The van der Waals surface area contributed by atoms with Crippen molar-refractivity contribution in [2.75, 3.05) is 6.61 Å². The zero-order chi connectivity index (χ0) is 16.8. The fourth-order valence-electron chi connectivity index (χ4n) is 2.52. The Balaban J connectivity index is 2.07. The second-order valence-electron chi connectivity index (χ2n) is 5.66. The van der Waals surface area contributed by atoms with Crippen LogP contribution in [0.3, 0.4) is 0 Å². The number of hydrogen-bond acceptors (Lipinski definition) is 4. The van der Waals surface area contributed by atoms with Crippen LogP contribution in [-0.2, 0) is 14.3 Å². The number of hydrogen-bond donors (Lipinski definition) is 0. The molecule has 0 aliphatic heterocycles. The smallest absolute Gasteiger partial charge is 0.315 e. The molecule has 23 heavy (non-hydrogen) atoms. The molecule has 0 amide bonds. The van der Waals surface area contributed by atoms with E-state index in [1.54, 1.807) is 18.2 Å². The summed E-state index contributed by atoms with van der Waals surface area (Å²) in [5, 5.41) is 0.617. The fourth-order valence-corrected chi connectivity index (χ4v) is 2.63. The summed E-state index contributed by atoms with van der Waals surface area (Å²) in [6.07, 6.45) is 5.56. The van der Waals surface area contributed by atoms with Crippen LogP contribution in [0.4, 0.5) is 0 Å². The standard InChI is InChI=1S/C18H21ClO4/c1-3-10-22-17(20)14-6-4-5-7-15(14)18(21)23-13-8-9-16(19)12(2)11-13/h4-5,8-9,11,14-15H,3,6-7,10H2,1-2H3. The summed E-state index contributed by atoms with van der Waals surface area (Å²) in [7, 11) is 0. The van der Waals surface area contributed by atoms with E-state index in [4.69, 9.17) is 21.1 Å². The first kappa shape index (κ1) is 17.5. The number of rotatable bonds is 5. The molecule has 0 N–H and O–H groups in total. The monoisotopic (exact) mass is 336 g/mol. The average Bonchev–Trinajstić information content (AvgIpc) is 2.56. The van der Waals surface area contributed by atoms with Crippen molar-refractivity contribution < 1.29 is 19.1 Å². The third-order valence-corrected chi connectivity index (χ3v) is 4.26. The predicted molar refractivity (Wildman–Crippen MR) is 88.4 cm³/mol. The molecule has 5 heteroatoms. The molecule has 2 atom stereocenters. The number of carbonyl (C=O) groups is 2. The van der Waals surface area contributed by atoms with Crippen molar-refractivity contribution >= 4 is 23.5 Å². The van der Waals surface area contributed by atoms with Gasteiger partial charge in [0.15, 0.2) is 0 Å². The van der Waals surface area contributed by atoms with Crippen molar-refractivity contribution in [3.63, 3.8) is 0 Å². The van der Waals surface area contributed by atoms with Crippen LogP contribution in [0.2, 0.25) is 5.02 Å². The fraction of sp³-hybridized carbons (Fsp3) is 0.444. The first-order valence-electron chi connectivity index (χ1n) is 7.82. The minimum Gasteiger partial charge on any atom is -0.465 e. The zero-order valence-corrected chi connectivity index (χ0v) is 14.1. The van der Waals surface area contributed by atoms with Crippen molar-refractivity contribution in [1.29, 1.82) is 0 Å². The van der Waals surface area contributed by atoms with Gasteiger partial charge < -0.3 is 9.47 Å². The molecule has 1 aromatic carbocycles. The minimum absolute atomic E-state index is 0.328. The van der Waals surface area contributed by atoms with E-state index in [0.29, 0.717) is 30.2 Å². The Morgan fingerprint density at radius 3 is 2.43 bits per heavy atom. The van der Waals surface area contributed by atoms with Crippen molar-refractivity contribution in [3.8, 4) is 5.75 Å². The van der Waals surface area contributed by atoms with Gasteiger partial charge >= 0.3 is 11.9 Å². The Morgan fingerprint density at radius 1 is 1.17 bits per heavy atom. The van der Waals surface area contributed by atoms with E-state index in [9.17, 15) is 9.59 Å². The summed E-state index contributed by atoms with van der Waals surface area (Å²) < 4.78 is 10.6. The number of benzene rings is 1. The van der Waals surface area contributed by atoms with Gasteiger partial charge in [-0.1, -0.05) is 30.7 Å². The van der Waals surface area contributed by atoms with E-state index in [1.807, 2.05) is 26.0 Å². The molecular formula is C18H21ClO4. The molecule has 1 aliphatic rings. The van der Waals surface area contributed by atoms with Gasteiger partial charge in [0, 0.05) is 5.02 Å². The number of ether oxygens (including phenoxy) is 2. The lowest BCUT2D eigenvalue weighted by Gasteiger charge is -2.25. The third kappa shape index (κ3) is 4.58. The molecule has 0 saturated carbocycles. The van der Waals surface area contributed by atoms with Crippen LogP contribution in [0.5, 0.6) is 5.75 Å². The highest BCUT2D eigenvalue weighted by Gasteiger charge is 2.36. The molecule has 1 aromatic rings. The summed E-state index contributed by atoms with van der Waals surface area (Å²) in [6.45, 7) is 4.15. The van der Waals surface area contributed by atoms with Gasteiger partial charge in [0.05, 0.1) is 18.4 Å². The van der Waals surface area contributed by atoms with Crippen molar-refractivity contribution in [2.24, 2.45) is 11.8 Å². The molecule has 0 heterocycles. The molecular weight excluding hydrogens is 316 g/mol. The number of carbonyl (C=O) groups excluding carboxylic acids is 2. The van der Waals surface area contributed by atoms with E-state index >= 15 is 0 Å². The SMILES string of the molecule is CCCOC(=O)C1CC=CCC1C(=O)Oc1ccc(Cl)c(C)c1. The summed E-state index contributed by atoms with van der Waals surface area (Å²) in [5.41, 5.74) is 0.833. The van der Waals surface area contributed by atoms with Crippen LogP contribution < -0.4 is 4.74 Å². The van der Waals surface area contributed by atoms with Gasteiger partial charge in [-0.2, -0.15) is 0 Å². The molecule has 1 aliphatic carbocycles. The first-order valence-corrected chi connectivity index (χ1v) is 8.20. The van der Waals surface area contributed by atoms with Crippen LogP contribution >= 0.6 is 11.6 Å². The molecule has 0 bridgehead atoms. The highest BCUT2D eigenvalue weighted by atomic mass is 35.5. The van der Waals surface area contributed by atoms with Gasteiger partial charge in [-0.15, -0.1) is 0 Å². The van der Waals surface area contributed by atoms with Crippen LogP contribution in [0, 0.1) is 18.8 Å². The lowest BCUT2D eigenvalue weighted by atomic mass is 9.83. The summed E-state index contributed by atoms with van der Waals surface area (Å²) in [5.74, 6) is -1.29. The molecule has 0 fully saturated rings. The maximum Gasteiger partial charge on any atom is 0.315 e. The van der Waals surface area contributed by atoms with Gasteiger partial charge in [-0.3, -0.25) is 9.59 Å². The van der Waals surface area contributed by atoms with Gasteiger partial charge in [0.2, 0.25) is 0 Å². The van der Waals surface area contributed by atoms with Crippen molar-refractivity contribution in [1.82, 2.24) is 0 Å². The Bertz CT molecular complexity index is 609. The lowest BCUT2D eigenvalue weighted by molar-refractivity contribution is -0.156. The van der Waals surface area contributed by atoms with Gasteiger partial charge in [-0.05, 0) is 49.9 Å². The average molecular weight is 337 g/mol. The van der Waals surface area contributed by atoms with Gasteiger partial charge in [-0.25, -0.2) is 0 Å². The number of allylic oxidation sites excluding steroid dienone is 2. The summed E-state index contributed by atoms with van der Waals surface area (Å²) in [6, 6.07) is 5.05. The molecule has 0 spiro atoms. The maximum absolute atomic E-state index is 12.5. The van der Waals surface area contributed by atoms with Crippen LogP contribution in [-0.4, -0.2) is 18.5 Å². The topological polar surface area (TPSA) is 52.6 Å². The molecule has 4 nitrogen and oxygen atoms in total. The molecule has 0 saturated heterocycles. The van der Waals surface area contributed by atoms with Gasteiger partial charge in [0.25, 0.3) is 0 Å². The summed E-state index contributed by atoms with van der Waals surface area (Å²) >= 11 is 5.97. The van der Waals surface area contributed by atoms with Crippen LogP contribution in [0.15, 0.2) is 30.4 Å². The molecule has 0 aromatic heterocycles. The van der Waals surface area contributed by atoms with E-state index in [2.05, 4.69) is 0 Å². The van der Waals surface area contributed by atoms with E-state index < -0.39 is 17.8 Å². The highest BCUT2D eigenvalue weighted by molar-refractivity contribution is 6.31. The second-order valence-corrected chi connectivity index (χ2v) is 6.06. The molecule has 0 radical (unpaired) electrons.